The molecule has 14 nitrogen and oxygen atoms in total. The molecule has 0 bridgehead atoms. The van der Waals surface area contributed by atoms with E-state index in [1.807, 2.05) is 42.5 Å². The molecule has 0 radical (unpaired) electrons. The summed E-state index contributed by atoms with van der Waals surface area (Å²) in [7, 11) is 0. The maximum absolute atomic E-state index is 13.5. The third-order valence-electron chi connectivity index (χ3n) is 7.42. The number of carbonyl (C=O) groups is 6. The third-order valence-corrected chi connectivity index (χ3v) is 7.42. The highest BCUT2D eigenvalue weighted by Crippen LogP contribution is 2.19. The van der Waals surface area contributed by atoms with Crippen molar-refractivity contribution < 1.29 is 33.5 Å². The Labute approximate surface area is 272 Å². The molecule has 0 unspecified atom stereocenters. The zero-order chi connectivity index (χ0) is 34.5. The molecule has 14 heteroatoms. The van der Waals surface area contributed by atoms with Gasteiger partial charge in [0.2, 0.25) is 29.5 Å². The number of aromatic amines is 1. The number of para-hydroxylation sites is 1. The number of nitrogens with one attached hydrogen (secondary N) is 5. The lowest BCUT2D eigenvalue weighted by molar-refractivity contribution is -0.145. The average Bonchev–Trinajstić information content (AvgIpc) is 3.46. The van der Waals surface area contributed by atoms with E-state index in [1.165, 1.54) is 6.92 Å². The number of rotatable bonds is 17. The van der Waals surface area contributed by atoms with Crippen LogP contribution in [0.4, 0.5) is 0 Å². The minimum absolute atomic E-state index is 0.00912. The number of carbonyl (C=O) groups excluding carboxylic acids is 6. The van der Waals surface area contributed by atoms with E-state index in [0.29, 0.717) is 0 Å². The summed E-state index contributed by atoms with van der Waals surface area (Å²) < 4.78 is 5.18. The molecule has 9 N–H and O–H groups in total. The number of fused-ring (bicyclic) bond motifs is 1. The van der Waals surface area contributed by atoms with Gasteiger partial charge < -0.3 is 42.5 Å². The SMILES string of the molecule is CC(C)[C@H](NC(=O)[C@H](C)NC(=O)[C@H](Cc1c[nH]c2ccccc12)NC(=O)[C@@H](N)CCC(N)=O)C(=O)NCC(=O)OCc1ccccc1. The van der Waals surface area contributed by atoms with Gasteiger partial charge in [-0.3, -0.25) is 28.8 Å². The highest BCUT2D eigenvalue weighted by molar-refractivity contribution is 5.95. The number of amides is 5. The number of ether oxygens (including phenoxy) is 1. The molecule has 3 rings (SSSR count). The van der Waals surface area contributed by atoms with E-state index >= 15 is 0 Å². The standard InChI is InChI=1S/C33H43N7O7/c1-19(2)29(33(46)37-17-28(42)47-18-21-9-5-4-6-10-21)40-30(43)20(3)38-32(45)26(39-31(44)24(34)13-14-27(35)41)15-22-16-36-25-12-8-7-11-23(22)25/h4-12,16,19-20,24,26,29,36H,13-15,17-18,34H2,1-3H3,(H2,35,41)(H,37,46)(H,38,45)(H,39,44)(H,40,43)/t20-,24-,26-,29-/m0/s1. The summed E-state index contributed by atoms with van der Waals surface area (Å²) in [6.45, 7) is 4.53. The first kappa shape index (κ1) is 36.2. The van der Waals surface area contributed by atoms with Gasteiger partial charge in [0.05, 0.1) is 6.04 Å². The molecule has 5 amide bonds. The van der Waals surface area contributed by atoms with Gasteiger partial charge in [-0.05, 0) is 36.5 Å². The molecule has 0 aliphatic rings. The first-order valence-electron chi connectivity index (χ1n) is 15.3. The van der Waals surface area contributed by atoms with E-state index in [4.69, 9.17) is 16.2 Å². The molecular weight excluding hydrogens is 606 g/mol. The van der Waals surface area contributed by atoms with Crippen molar-refractivity contribution >= 4 is 46.4 Å². The Morgan fingerprint density at radius 3 is 2.19 bits per heavy atom. The van der Waals surface area contributed by atoms with Crippen LogP contribution >= 0.6 is 0 Å². The minimum atomic E-state index is -1.14. The number of esters is 1. The Hall–Kier alpha value is -5.24. The molecule has 0 aliphatic heterocycles. The predicted octanol–water partition coefficient (Wildman–Crippen LogP) is 0.293. The Bertz CT molecular complexity index is 1560. The molecule has 47 heavy (non-hydrogen) atoms. The maximum atomic E-state index is 13.5. The first-order chi connectivity index (χ1) is 22.3. The van der Waals surface area contributed by atoms with E-state index in [9.17, 15) is 28.8 Å². The number of hydrogen-bond donors (Lipinski definition) is 7. The molecule has 0 spiro atoms. The maximum Gasteiger partial charge on any atom is 0.325 e. The highest BCUT2D eigenvalue weighted by Gasteiger charge is 2.30. The summed E-state index contributed by atoms with van der Waals surface area (Å²) in [5, 5.41) is 11.2. The lowest BCUT2D eigenvalue weighted by Gasteiger charge is -2.25. The second-order valence-electron chi connectivity index (χ2n) is 11.6. The van der Waals surface area contributed by atoms with E-state index in [1.54, 1.807) is 32.2 Å². The van der Waals surface area contributed by atoms with Crippen LogP contribution in [0.5, 0.6) is 0 Å². The quantitative estimate of drug-likeness (QED) is 0.100. The van der Waals surface area contributed by atoms with Crippen LogP contribution in [-0.4, -0.2) is 71.2 Å². The van der Waals surface area contributed by atoms with E-state index in [0.717, 1.165) is 22.0 Å². The number of benzene rings is 2. The van der Waals surface area contributed by atoms with Gasteiger partial charge in [0.25, 0.3) is 0 Å². The fourth-order valence-corrected chi connectivity index (χ4v) is 4.69. The fourth-order valence-electron chi connectivity index (χ4n) is 4.69. The largest absolute Gasteiger partial charge is 0.460 e. The number of primary amides is 1. The Balaban J connectivity index is 1.62. The van der Waals surface area contributed by atoms with Gasteiger partial charge in [0.1, 0.15) is 31.3 Å². The smallest absolute Gasteiger partial charge is 0.325 e. The second-order valence-corrected chi connectivity index (χ2v) is 11.6. The van der Waals surface area contributed by atoms with Crippen LogP contribution in [0.25, 0.3) is 10.9 Å². The molecule has 0 saturated heterocycles. The number of aromatic nitrogens is 1. The monoisotopic (exact) mass is 649 g/mol. The summed E-state index contributed by atoms with van der Waals surface area (Å²) in [4.78, 5) is 78.8. The molecule has 4 atom stereocenters. The van der Waals surface area contributed by atoms with Crippen LogP contribution in [0.2, 0.25) is 0 Å². The predicted molar refractivity (Wildman–Crippen MR) is 174 cm³/mol. The van der Waals surface area contributed by atoms with Crippen LogP contribution in [0.1, 0.15) is 44.7 Å². The van der Waals surface area contributed by atoms with E-state index in [-0.39, 0.29) is 31.8 Å². The molecule has 0 aliphatic carbocycles. The molecular formula is C33H43N7O7. The van der Waals surface area contributed by atoms with Crippen LogP contribution in [0.15, 0.2) is 60.8 Å². The lowest BCUT2D eigenvalue weighted by Crippen LogP contribution is -2.58. The number of H-pyrrole nitrogens is 1. The fraction of sp³-hybridized carbons (Fsp3) is 0.394. The van der Waals surface area contributed by atoms with Gasteiger partial charge in [0.15, 0.2) is 0 Å². The van der Waals surface area contributed by atoms with Crippen LogP contribution in [0.3, 0.4) is 0 Å². The first-order valence-corrected chi connectivity index (χ1v) is 15.3. The summed E-state index contributed by atoms with van der Waals surface area (Å²) in [6.07, 6.45) is 1.68. The molecule has 1 heterocycles. The van der Waals surface area contributed by atoms with Crippen molar-refractivity contribution in [3.8, 4) is 0 Å². The van der Waals surface area contributed by atoms with Crippen molar-refractivity contribution in [3.05, 3.63) is 71.9 Å². The minimum Gasteiger partial charge on any atom is -0.460 e. The van der Waals surface area contributed by atoms with Crippen LogP contribution < -0.4 is 32.7 Å². The van der Waals surface area contributed by atoms with Gasteiger partial charge in [-0.2, -0.15) is 0 Å². The Morgan fingerprint density at radius 2 is 1.51 bits per heavy atom. The summed E-state index contributed by atoms with van der Waals surface area (Å²) in [5.74, 6) is -4.21. The normalized spacial score (nSPS) is 13.6. The Kier molecular flexibility index (Phi) is 13.5. The van der Waals surface area contributed by atoms with Crippen molar-refractivity contribution in [2.24, 2.45) is 17.4 Å². The van der Waals surface area contributed by atoms with Crippen LogP contribution in [-0.2, 0) is 46.5 Å². The summed E-state index contributed by atoms with van der Waals surface area (Å²) >= 11 is 0. The molecule has 1 aromatic heterocycles. The van der Waals surface area contributed by atoms with Crippen molar-refractivity contribution in [1.82, 2.24) is 26.3 Å². The van der Waals surface area contributed by atoms with Crippen molar-refractivity contribution in [2.45, 2.75) is 70.8 Å². The summed E-state index contributed by atoms with van der Waals surface area (Å²) in [5.41, 5.74) is 13.5. The molecule has 2 aromatic carbocycles. The number of nitrogens with two attached hydrogens (primary N) is 2. The van der Waals surface area contributed by atoms with Crippen molar-refractivity contribution in [1.29, 1.82) is 0 Å². The van der Waals surface area contributed by atoms with Gasteiger partial charge in [-0.1, -0.05) is 62.4 Å². The van der Waals surface area contributed by atoms with E-state index < -0.39 is 66.2 Å². The Morgan fingerprint density at radius 1 is 0.830 bits per heavy atom. The second kappa shape index (κ2) is 17.5. The average molecular weight is 650 g/mol. The van der Waals surface area contributed by atoms with Crippen molar-refractivity contribution in [3.63, 3.8) is 0 Å². The molecule has 252 valence electrons. The third kappa shape index (κ3) is 11.3. The van der Waals surface area contributed by atoms with Crippen molar-refractivity contribution in [2.75, 3.05) is 6.54 Å². The summed E-state index contributed by atoms with van der Waals surface area (Å²) in [6, 6.07) is 12.1. The molecule has 3 aromatic rings. The molecule has 0 fully saturated rings. The van der Waals surface area contributed by atoms with Gasteiger partial charge in [0, 0.05) is 29.9 Å². The topological polar surface area (TPSA) is 228 Å². The zero-order valence-corrected chi connectivity index (χ0v) is 26.7. The van der Waals surface area contributed by atoms with Gasteiger partial charge >= 0.3 is 5.97 Å². The van der Waals surface area contributed by atoms with E-state index in [2.05, 4.69) is 26.3 Å². The van der Waals surface area contributed by atoms with Crippen LogP contribution in [0, 0.1) is 5.92 Å². The number of hydrogen-bond acceptors (Lipinski definition) is 8. The van der Waals surface area contributed by atoms with Gasteiger partial charge in [-0.25, -0.2) is 0 Å². The lowest BCUT2D eigenvalue weighted by atomic mass is 10.0. The zero-order valence-electron chi connectivity index (χ0n) is 26.7. The molecule has 0 saturated carbocycles. The van der Waals surface area contributed by atoms with Gasteiger partial charge in [-0.15, -0.1) is 0 Å². The highest BCUT2D eigenvalue weighted by atomic mass is 16.5.